The molecule has 2 atom stereocenters. The highest BCUT2D eigenvalue weighted by Gasteiger charge is 2.42. The summed E-state index contributed by atoms with van der Waals surface area (Å²) in [6.45, 7) is 7.17. The summed E-state index contributed by atoms with van der Waals surface area (Å²) in [6, 6.07) is 10.9. The summed E-state index contributed by atoms with van der Waals surface area (Å²) in [5.74, 6) is 0.444. The Labute approximate surface area is 192 Å². The highest BCUT2D eigenvalue weighted by atomic mass is 19.4. The molecular weight excluding hydrogens is 429 g/mol. The van der Waals surface area contributed by atoms with Crippen molar-refractivity contribution in [3.05, 3.63) is 59.2 Å². The molecule has 0 radical (unpaired) electrons. The number of hydrogen-bond acceptors (Lipinski definition) is 3. The van der Waals surface area contributed by atoms with E-state index in [2.05, 4.69) is 24.1 Å². The highest BCUT2D eigenvalue weighted by molar-refractivity contribution is 5.70. The smallest absolute Gasteiger partial charge is 0.416 e. The molecule has 3 aliphatic heterocycles. The van der Waals surface area contributed by atoms with Crippen LogP contribution in [0.3, 0.4) is 0 Å². The van der Waals surface area contributed by atoms with E-state index in [1.165, 1.54) is 12.1 Å². The molecule has 4 nitrogen and oxygen atoms in total. The summed E-state index contributed by atoms with van der Waals surface area (Å²) in [7, 11) is 0. The van der Waals surface area contributed by atoms with Gasteiger partial charge in [-0.15, -0.1) is 0 Å². The number of benzene rings is 2. The van der Waals surface area contributed by atoms with Crippen molar-refractivity contribution in [2.75, 3.05) is 19.6 Å². The summed E-state index contributed by atoms with van der Waals surface area (Å²) >= 11 is 0. The number of hydrogen-bond donors (Lipinski definition) is 1. The van der Waals surface area contributed by atoms with Gasteiger partial charge in [0, 0.05) is 6.54 Å². The molecule has 2 aromatic rings. The lowest BCUT2D eigenvalue weighted by molar-refractivity contribution is -0.137. The predicted molar refractivity (Wildman–Crippen MR) is 120 cm³/mol. The van der Waals surface area contributed by atoms with Gasteiger partial charge in [0.2, 0.25) is 0 Å². The molecule has 1 amide bonds. The Hall–Kier alpha value is -2.54. The number of fused-ring (bicyclic) bond motifs is 4. The molecule has 2 bridgehead atoms. The lowest BCUT2D eigenvalue weighted by Gasteiger charge is -2.44. The third-order valence-corrected chi connectivity index (χ3v) is 7.52. The van der Waals surface area contributed by atoms with E-state index in [1.807, 2.05) is 18.2 Å². The van der Waals surface area contributed by atoms with Crippen molar-refractivity contribution in [3.8, 4) is 11.1 Å². The average Bonchev–Trinajstić information content (AvgIpc) is 3.02. The number of carbonyl (C=O) groups excluding carboxylic acids is 1. The molecule has 4 aliphatic rings. The van der Waals surface area contributed by atoms with Crippen LogP contribution in [-0.2, 0) is 17.3 Å². The Morgan fingerprint density at radius 1 is 1.09 bits per heavy atom. The minimum atomic E-state index is -4.38. The van der Waals surface area contributed by atoms with E-state index >= 15 is 0 Å². The number of nitrogens with one attached hydrogen (secondary N) is 1. The fourth-order valence-electron chi connectivity index (χ4n) is 5.72. The van der Waals surface area contributed by atoms with Gasteiger partial charge in [-0.1, -0.05) is 44.2 Å². The van der Waals surface area contributed by atoms with Crippen LogP contribution in [0.15, 0.2) is 42.5 Å². The second-order valence-corrected chi connectivity index (χ2v) is 10.3. The number of nitrogens with zero attached hydrogens (tertiary/aromatic N) is 1. The molecule has 0 saturated carbocycles. The zero-order valence-corrected chi connectivity index (χ0v) is 18.9. The van der Waals surface area contributed by atoms with E-state index in [9.17, 15) is 18.0 Å². The highest BCUT2D eigenvalue weighted by Crippen LogP contribution is 2.46. The van der Waals surface area contributed by atoms with Gasteiger partial charge in [0.1, 0.15) is 6.10 Å². The van der Waals surface area contributed by atoms with Crippen LogP contribution in [0.4, 0.5) is 18.0 Å². The monoisotopic (exact) mass is 458 g/mol. The number of alkyl carbamates (subject to hydrolysis) is 1. The Morgan fingerprint density at radius 3 is 2.48 bits per heavy atom. The van der Waals surface area contributed by atoms with Gasteiger partial charge in [0.15, 0.2) is 0 Å². The Morgan fingerprint density at radius 2 is 1.82 bits per heavy atom. The van der Waals surface area contributed by atoms with E-state index in [4.69, 9.17) is 4.74 Å². The van der Waals surface area contributed by atoms with Crippen molar-refractivity contribution in [2.45, 2.75) is 51.4 Å². The van der Waals surface area contributed by atoms with Gasteiger partial charge in [-0.3, -0.25) is 4.90 Å². The number of amides is 1. The maximum Gasteiger partial charge on any atom is 0.416 e. The van der Waals surface area contributed by atoms with Gasteiger partial charge in [-0.2, -0.15) is 13.2 Å². The summed E-state index contributed by atoms with van der Waals surface area (Å²) in [6.07, 6.45) is -1.94. The first-order valence-corrected chi connectivity index (χ1v) is 11.6. The Bertz CT molecular complexity index is 1060. The first-order chi connectivity index (χ1) is 15.6. The first-order valence-electron chi connectivity index (χ1n) is 11.6. The van der Waals surface area contributed by atoms with Crippen LogP contribution < -0.4 is 5.32 Å². The molecule has 3 heterocycles. The van der Waals surface area contributed by atoms with E-state index in [1.54, 1.807) is 6.07 Å². The zero-order chi connectivity index (χ0) is 23.4. The van der Waals surface area contributed by atoms with Crippen LogP contribution in [0, 0.1) is 11.3 Å². The topological polar surface area (TPSA) is 41.6 Å². The molecule has 1 N–H and O–H groups in total. The van der Waals surface area contributed by atoms with Crippen molar-refractivity contribution in [2.24, 2.45) is 11.3 Å². The van der Waals surface area contributed by atoms with Crippen molar-refractivity contribution in [3.63, 3.8) is 0 Å². The molecule has 3 saturated heterocycles. The van der Waals surface area contributed by atoms with Crippen molar-refractivity contribution < 1.29 is 22.7 Å². The average molecular weight is 459 g/mol. The molecular formula is C26H29F3N2O2. The van der Waals surface area contributed by atoms with Crippen LogP contribution in [0.5, 0.6) is 0 Å². The van der Waals surface area contributed by atoms with Crippen LogP contribution in [0.2, 0.25) is 0 Å². The molecule has 0 aromatic heterocycles. The van der Waals surface area contributed by atoms with Crippen molar-refractivity contribution in [1.29, 1.82) is 0 Å². The lowest BCUT2D eigenvalue weighted by atomic mass is 9.85. The quantitative estimate of drug-likeness (QED) is 0.631. The molecule has 3 fully saturated rings. The van der Waals surface area contributed by atoms with Crippen LogP contribution in [0.1, 0.15) is 49.4 Å². The summed E-state index contributed by atoms with van der Waals surface area (Å²) in [5.41, 5.74) is 2.43. The number of ether oxygens (including phenoxy) is 1. The third kappa shape index (κ3) is 4.35. The maximum absolute atomic E-state index is 13.1. The summed E-state index contributed by atoms with van der Waals surface area (Å²) < 4.78 is 45.3. The number of halogens is 3. The van der Waals surface area contributed by atoms with E-state index in [-0.39, 0.29) is 23.7 Å². The van der Waals surface area contributed by atoms with E-state index in [0.29, 0.717) is 11.5 Å². The van der Waals surface area contributed by atoms with Crippen molar-refractivity contribution in [1.82, 2.24) is 10.2 Å². The van der Waals surface area contributed by atoms with Gasteiger partial charge in [-0.05, 0) is 78.1 Å². The fourth-order valence-corrected chi connectivity index (χ4v) is 5.72. The van der Waals surface area contributed by atoms with Crippen LogP contribution in [-0.4, -0.2) is 36.7 Å². The number of piperidine rings is 3. The Kier molecular flexibility index (Phi) is 5.43. The molecule has 1 unspecified atom stereocenters. The van der Waals surface area contributed by atoms with Gasteiger partial charge in [0.05, 0.1) is 11.6 Å². The molecule has 0 spiro atoms. The van der Waals surface area contributed by atoms with E-state index < -0.39 is 11.7 Å². The minimum Gasteiger partial charge on any atom is -0.445 e. The molecule has 2 aromatic carbocycles. The molecule has 33 heavy (non-hydrogen) atoms. The van der Waals surface area contributed by atoms with E-state index in [0.717, 1.165) is 61.7 Å². The Balaban J connectivity index is 1.34. The number of rotatable bonds is 3. The second kappa shape index (κ2) is 8.05. The largest absolute Gasteiger partial charge is 0.445 e. The minimum absolute atomic E-state index is 0.0558. The molecule has 6 rings (SSSR count). The van der Waals surface area contributed by atoms with Crippen molar-refractivity contribution >= 4 is 6.09 Å². The normalized spacial score (nSPS) is 27.8. The predicted octanol–water partition coefficient (Wildman–Crippen LogP) is 5.82. The molecule has 7 heteroatoms. The summed E-state index contributed by atoms with van der Waals surface area (Å²) in [4.78, 5) is 15.2. The fraction of sp³-hybridized carbons (Fsp3) is 0.500. The van der Waals surface area contributed by atoms with Gasteiger partial charge >= 0.3 is 12.3 Å². The molecule has 176 valence electrons. The number of carbonyl (C=O) groups is 1. The third-order valence-electron chi connectivity index (χ3n) is 7.52. The first kappa shape index (κ1) is 22.3. The lowest BCUT2D eigenvalue weighted by Crippen LogP contribution is -2.53. The van der Waals surface area contributed by atoms with Gasteiger partial charge in [0.25, 0.3) is 0 Å². The van der Waals surface area contributed by atoms with Gasteiger partial charge < -0.3 is 10.1 Å². The standard InChI is InChI=1S/C26H29F3N2O2/c1-25(2)14-19-12-18(17-4-3-5-20(13-17)26(27,28)29)6-7-21(19)23(25)30-24(32)33-22-15-31-10-8-16(22)9-11-31/h3-7,12-13,16,22-23H,8-11,14-15H2,1-2H3,(H,30,32)/t22-,23?/m0/s1. The van der Waals surface area contributed by atoms with Crippen LogP contribution >= 0.6 is 0 Å². The van der Waals surface area contributed by atoms with Gasteiger partial charge in [-0.25, -0.2) is 4.79 Å². The maximum atomic E-state index is 13.1. The zero-order valence-electron chi connectivity index (χ0n) is 18.9. The summed E-state index contributed by atoms with van der Waals surface area (Å²) in [5, 5.41) is 3.09. The SMILES string of the molecule is CC1(C)Cc2cc(-c3cccc(C(F)(F)F)c3)ccc2C1NC(=O)O[C@H]1CN2CCC1CC2. The number of alkyl halides is 3. The second-order valence-electron chi connectivity index (χ2n) is 10.3. The molecule has 1 aliphatic carbocycles. The van der Waals surface area contributed by atoms with Crippen LogP contribution in [0.25, 0.3) is 11.1 Å².